The van der Waals surface area contributed by atoms with Crippen LogP contribution in [0.4, 0.5) is 0 Å². The summed E-state index contributed by atoms with van der Waals surface area (Å²) in [6.45, 7) is 3.59. The second kappa shape index (κ2) is 3.46. The van der Waals surface area contributed by atoms with Gasteiger partial charge in [-0.2, -0.15) is 0 Å². The van der Waals surface area contributed by atoms with E-state index in [2.05, 4.69) is 10.2 Å². The SMILES string of the molecule is COC1C2CC1CN(C(=O)C1CNC1)C2. The first-order valence-electron chi connectivity index (χ1n) is 5.82. The zero-order valence-electron chi connectivity index (χ0n) is 9.11. The second-order valence-electron chi connectivity index (χ2n) is 5.05. The maximum Gasteiger partial charge on any atom is 0.228 e. The third kappa shape index (κ3) is 1.39. The van der Waals surface area contributed by atoms with E-state index in [9.17, 15) is 4.79 Å². The topological polar surface area (TPSA) is 41.6 Å². The van der Waals surface area contributed by atoms with Gasteiger partial charge in [0.05, 0.1) is 12.0 Å². The summed E-state index contributed by atoms with van der Waals surface area (Å²) in [6, 6.07) is 0. The monoisotopic (exact) mass is 210 g/mol. The van der Waals surface area contributed by atoms with Crippen LogP contribution in [-0.4, -0.2) is 50.2 Å². The minimum absolute atomic E-state index is 0.253. The van der Waals surface area contributed by atoms with Crippen LogP contribution in [0.1, 0.15) is 6.42 Å². The van der Waals surface area contributed by atoms with E-state index in [1.807, 2.05) is 0 Å². The Bertz CT molecular complexity index is 266. The van der Waals surface area contributed by atoms with Crippen molar-refractivity contribution < 1.29 is 9.53 Å². The average Bonchev–Trinajstić information content (AvgIpc) is 2.16. The highest BCUT2D eigenvalue weighted by atomic mass is 16.5. The molecule has 1 N–H and O–H groups in total. The minimum Gasteiger partial charge on any atom is -0.381 e. The van der Waals surface area contributed by atoms with Gasteiger partial charge in [-0.25, -0.2) is 0 Å². The number of fused-ring (bicyclic) bond motifs is 2. The molecule has 0 aromatic carbocycles. The van der Waals surface area contributed by atoms with Gasteiger partial charge in [0.2, 0.25) is 5.91 Å². The number of nitrogens with one attached hydrogen (secondary N) is 1. The van der Waals surface area contributed by atoms with E-state index in [0.717, 1.165) is 26.2 Å². The van der Waals surface area contributed by atoms with Crippen LogP contribution < -0.4 is 5.32 Å². The molecule has 0 aromatic heterocycles. The molecule has 0 aromatic rings. The number of rotatable bonds is 2. The third-order valence-corrected chi connectivity index (χ3v) is 4.16. The Hall–Kier alpha value is -0.610. The highest BCUT2D eigenvalue weighted by Gasteiger charge is 2.49. The van der Waals surface area contributed by atoms with Gasteiger partial charge >= 0.3 is 0 Å². The van der Waals surface area contributed by atoms with Gasteiger partial charge in [-0.1, -0.05) is 0 Å². The largest absolute Gasteiger partial charge is 0.381 e. The minimum atomic E-state index is 0.253. The molecule has 2 bridgehead atoms. The molecule has 4 heteroatoms. The Morgan fingerprint density at radius 1 is 1.33 bits per heavy atom. The molecular formula is C11H18N2O2. The third-order valence-electron chi connectivity index (χ3n) is 4.16. The molecule has 0 spiro atoms. The standard InChI is InChI=1S/C11H18N2O2/c1-15-10-7-2-8(10)6-13(5-7)11(14)9-3-12-4-9/h7-10,12H,2-6H2,1H3. The van der Waals surface area contributed by atoms with Crippen LogP contribution in [0.2, 0.25) is 0 Å². The van der Waals surface area contributed by atoms with Crippen molar-refractivity contribution in [1.82, 2.24) is 10.2 Å². The van der Waals surface area contributed by atoms with Crippen molar-refractivity contribution in [3.05, 3.63) is 0 Å². The molecular weight excluding hydrogens is 192 g/mol. The highest BCUT2D eigenvalue weighted by Crippen LogP contribution is 2.42. The van der Waals surface area contributed by atoms with E-state index in [-0.39, 0.29) is 5.92 Å². The zero-order chi connectivity index (χ0) is 10.4. The summed E-state index contributed by atoms with van der Waals surface area (Å²) in [5, 5.41) is 3.15. The summed E-state index contributed by atoms with van der Waals surface area (Å²) in [7, 11) is 1.79. The predicted octanol–water partition coefficient (Wildman–Crippen LogP) is -0.301. The molecule has 1 amide bonds. The number of piperidine rings is 2. The Labute approximate surface area is 90.0 Å². The maximum absolute atomic E-state index is 12.0. The average molecular weight is 210 g/mol. The van der Waals surface area contributed by atoms with E-state index in [1.54, 1.807) is 7.11 Å². The first kappa shape index (κ1) is 9.60. The second-order valence-corrected chi connectivity index (χ2v) is 5.05. The molecule has 4 aliphatic rings. The molecule has 2 atom stereocenters. The van der Waals surface area contributed by atoms with Gasteiger partial charge in [-0.15, -0.1) is 0 Å². The van der Waals surface area contributed by atoms with E-state index in [4.69, 9.17) is 4.74 Å². The summed E-state index contributed by atoms with van der Waals surface area (Å²) in [6.07, 6.45) is 1.68. The first-order valence-corrected chi connectivity index (χ1v) is 5.82. The molecule has 4 rings (SSSR count). The fraction of sp³-hybridized carbons (Fsp3) is 0.909. The lowest BCUT2D eigenvalue weighted by atomic mass is 9.68. The molecule has 15 heavy (non-hydrogen) atoms. The number of carbonyl (C=O) groups is 1. The van der Waals surface area contributed by atoms with Crippen LogP contribution in [-0.2, 0) is 9.53 Å². The van der Waals surface area contributed by atoms with Gasteiger partial charge in [-0.05, 0) is 6.42 Å². The zero-order valence-corrected chi connectivity index (χ0v) is 9.11. The van der Waals surface area contributed by atoms with Crippen LogP contribution in [0.15, 0.2) is 0 Å². The number of nitrogens with zero attached hydrogens (tertiary/aromatic N) is 1. The molecule has 84 valence electrons. The quantitative estimate of drug-likeness (QED) is 0.680. The number of hydrogen-bond acceptors (Lipinski definition) is 3. The number of amides is 1. The summed E-state index contributed by atoms with van der Waals surface area (Å²) in [5.41, 5.74) is 0. The normalized spacial score (nSPS) is 39.5. The first-order chi connectivity index (χ1) is 7.29. The van der Waals surface area contributed by atoms with Crippen molar-refractivity contribution in [3.63, 3.8) is 0 Å². The van der Waals surface area contributed by atoms with Gasteiger partial charge in [-0.3, -0.25) is 4.79 Å². The fourth-order valence-corrected chi connectivity index (χ4v) is 3.13. The summed E-state index contributed by atoms with van der Waals surface area (Å²) >= 11 is 0. The molecule has 4 nitrogen and oxygen atoms in total. The van der Waals surface area contributed by atoms with E-state index in [0.29, 0.717) is 23.8 Å². The van der Waals surface area contributed by atoms with Gasteiger partial charge in [0.1, 0.15) is 0 Å². The molecule has 3 heterocycles. The number of hydrogen-bond donors (Lipinski definition) is 1. The molecule has 1 aliphatic carbocycles. The smallest absolute Gasteiger partial charge is 0.228 e. The predicted molar refractivity (Wildman–Crippen MR) is 55.3 cm³/mol. The van der Waals surface area contributed by atoms with Crippen molar-refractivity contribution in [2.45, 2.75) is 12.5 Å². The van der Waals surface area contributed by atoms with Crippen molar-refractivity contribution in [2.75, 3.05) is 33.3 Å². The lowest BCUT2D eigenvalue weighted by Gasteiger charge is -2.53. The van der Waals surface area contributed by atoms with E-state index in [1.165, 1.54) is 6.42 Å². The van der Waals surface area contributed by atoms with Crippen molar-refractivity contribution in [2.24, 2.45) is 17.8 Å². The maximum atomic E-state index is 12.0. The molecule has 2 unspecified atom stereocenters. The molecule has 4 fully saturated rings. The van der Waals surface area contributed by atoms with Gasteiger partial charge in [0, 0.05) is 45.1 Å². The van der Waals surface area contributed by atoms with Crippen molar-refractivity contribution in [3.8, 4) is 0 Å². The lowest BCUT2D eigenvalue weighted by molar-refractivity contribution is -0.160. The van der Waals surface area contributed by atoms with Crippen molar-refractivity contribution in [1.29, 1.82) is 0 Å². The summed E-state index contributed by atoms with van der Waals surface area (Å²) in [5.74, 6) is 1.82. The Kier molecular flexibility index (Phi) is 2.21. The lowest BCUT2D eigenvalue weighted by Crippen LogP contribution is -2.63. The van der Waals surface area contributed by atoms with Gasteiger partial charge in [0.25, 0.3) is 0 Å². The van der Waals surface area contributed by atoms with Crippen LogP contribution in [0.5, 0.6) is 0 Å². The van der Waals surface area contributed by atoms with Gasteiger partial charge < -0.3 is 15.0 Å². The fourth-order valence-electron chi connectivity index (χ4n) is 3.13. The Morgan fingerprint density at radius 3 is 2.47 bits per heavy atom. The van der Waals surface area contributed by atoms with Crippen LogP contribution in [0.3, 0.4) is 0 Å². The number of ether oxygens (including phenoxy) is 1. The number of carbonyl (C=O) groups excluding carboxylic acids is 1. The van der Waals surface area contributed by atoms with Gasteiger partial charge in [0.15, 0.2) is 0 Å². The molecule has 1 saturated carbocycles. The molecule has 0 radical (unpaired) electrons. The number of methoxy groups -OCH3 is 1. The highest BCUT2D eigenvalue weighted by molar-refractivity contribution is 5.80. The molecule has 3 aliphatic heterocycles. The Morgan fingerprint density at radius 2 is 2.00 bits per heavy atom. The van der Waals surface area contributed by atoms with Crippen LogP contribution >= 0.6 is 0 Å². The van der Waals surface area contributed by atoms with Crippen LogP contribution in [0, 0.1) is 17.8 Å². The van der Waals surface area contributed by atoms with Crippen LogP contribution in [0.25, 0.3) is 0 Å². The van der Waals surface area contributed by atoms with Crippen molar-refractivity contribution >= 4 is 5.91 Å². The summed E-state index contributed by atoms with van der Waals surface area (Å²) in [4.78, 5) is 14.0. The van der Waals surface area contributed by atoms with E-state index >= 15 is 0 Å². The Balaban J connectivity index is 1.59. The summed E-state index contributed by atoms with van der Waals surface area (Å²) < 4.78 is 5.43. The molecule has 3 saturated heterocycles. The van der Waals surface area contributed by atoms with E-state index < -0.39 is 0 Å².